The van der Waals surface area contributed by atoms with Gasteiger partial charge in [0.15, 0.2) is 0 Å². The fourth-order valence-corrected chi connectivity index (χ4v) is 4.12. The molecule has 0 radical (unpaired) electrons. The summed E-state index contributed by atoms with van der Waals surface area (Å²) >= 11 is 1.67. The van der Waals surface area contributed by atoms with Gasteiger partial charge in [-0.25, -0.2) is 0 Å². The van der Waals surface area contributed by atoms with Crippen LogP contribution in [0.25, 0.3) is 0 Å². The van der Waals surface area contributed by atoms with Gasteiger partial charge in [0.05, 0.1) is 5.88 Å². The van der Waals surface area contributed by atoms with Crippen LogP contribution in [-0.4, -0.2) is 58.4 Å². The highest BCUT2D eigenvalue weighted by molar-refractivity contribution is 7.99. The Morgan fingerprint density at radius 1 is 1.45 bits per heavy atom. The molecular formula is C14H25N3O2S. The van der Waals surface area contributed by atoms with Gasteiger partial charge < -0.3 is 15.5 Å². The van der Waals surface area contributed by atoms with E-state index in [-0.39, 0.29) is 23.9 Å². The number of carbonyl (C=O) groups is 2. The van der Waals surface area contributed by atoms with Crippen LogP contribution in [0.5, 0.6) is 0 Å². The molecule has 2 aliphatic rings. The van der Waals surface area contributed by atoms with E-state index in [1.165, 1.54) is 0 Å². The Kier molecular flexibility index (Phi) is 5.32. The van der Waals surface area contributed by atoms with Crippen LogP contribution in [-0.2, 0) is 9.59 Å². The quantitative estimate of drug-likeness (QED) is 0.840. The zero-order valence-corrected chi connectivity index (χ0v) is 13.2. The maximum atomic E-state index is 12.7. The first-order valence-electron chi connectivity index (χ1n) is 7.46. The number of nitrogens with two attached hydrogens (primary N) is 1. The largest absolute Gasteiger partial charge is 0.341 e. The molecule has 0 aromatic heterocycles. The van der Waals surface area contributed by atoms with Crippen molar-refractivity contribution in [2.75, 3.05) is 24.7 Å². The van der Waals surface area contributed by atoms with Gasteiger partial charge in [-0.3, -0.25) is 9.59 Å². The summed E-state index contributed by atoms with van der Waals surface area (Å²) in [6, 6.07) is -0.142. The van der Waals surface area contributed by atoms with Gasteiger partial charge in [-0.05, 0) is 25.7 Å². The Balaban J connectivity index is 2.01. The number of likely N-dealkylation sites (tertiary alicyclic amines) is 1. The van der Waals surface area contributed by atoms with Crippen LogP contribution in [0.1, 0.15) is 33.1 Å². The molecule has 0 aromatic carbocycles. The lowest BCUT2D eigenvalue weighted by atomic mass is 9.92. The van der Waals surface area contributed by atoms with Gasteiger partial charge in [0.25, 0.3) is 0 Å². The van der Waals surface area contributed by atoms with Gasteiger partial charge in [-0.15, -0.1) is 11.8 Å². The van der Waals surface area contributed by atoms with Crippen LogP contribution in [0.4, 0.5) is 0 Å². The summed E-state index contributed by atoms with van der Waals surface area (Å²) in [4.78, 5) is 28.2. The molecule has 2 aliphatic heterocycles. The molecule has 2 rings (SSSR count). The second-order valence-electron chi connectivity index (χ2n) is 5.78. The van der Waals surface area contributed by atoms with Crippen LogP contribution in [0.15, 0.2) is 0 Å². The predicted octanol–water partition coefficient (Wildman–Crippen LogP) is 0.884. The molecule has 2 fully saturated rings. The lowest BCUT2D eigenvalue weighted by Gasteiger charge is -2.37. The van der Waals surface area contributed by atoms with E-state index in [9.17, 15) is 9.59 Å². The third kappa shape index (κ3) is 3.28. The summed E-state index contributed by atoms with van der Waals surface area (Å²) in [5.74, 6) is 1.95. The van der Waals surface area contributed by atoms with E-state index in [0.29, 0.717) is 18.2 Å². The Morgan fingerprint density at radius 2 is 2.20 bits per heavy atom. The summed E-state index contributed by atoms with van der Waals surface area (Å²) in [5.41, 5.74) is 5.97. The fourth-order valence-electron chi connectivity index (χ4n) is 2.95. The number of amides is 2. The van der Waals surface area contributed by atoms with E-state index in [0.717, 1.165) is 31.7 Å². The third-order valence-corrected chi connectivity index (χ3v) is 5.32. The standard InChI is InChI=1S/C14H25N3O2S/c1-3-13(18)17-9-20-8-12(17)14(19)16-6-4-5-11(7-16)10(2)15/h10-12H,3-9,15H2,1-2H3. The van der Waals surface area contributed by atoms with Crippen molar-refractivity contribution in [2.24, 2.45) is 11.7 Å². The van der Waals surface area contributed by atoms with Crippen molar-refractivity contribution in [2.45, 2.75) is 45.2 Å². The normalized spacial score (nSPS) is 28.6. The minimum absolute atomic E-state index is 0.0779. The first-order valence-corrected chi connectivity index (χ1v) is 8.61. The van der Waals surface area contributed by atoms with E-state index in [1.54, 1.807) is 16.7 Å². The van der Waals surface area contributed by atoms with Crippen molar-refractivity contribution in [1.82, 2.24) is 9.80 Å². The SMILES string of the molecule is CCC(=O)N1CSCC1C(=O)N1CCCC(C(C)N)C1. The molecule has 3 atom stereocenters. The molecule has 3 unspecified atom stereocenters. The maximum Gasteiger partial charge on any atom is 0.246 e. The molecule has 0 bridgehead atoms. The van der Waals surface area contributed by atoms with Crippen molar-refractivity contribution in [3.05, 3.63) is 0 Å². The van der Waals surface area contributed by atoms with E-state index in [4.69, 9.17) is 5.73 Å². The predicted molar refractivity (Wildman–Crippen MR) is 81.2 cm³/mol. The molecule has 0 spiro atoms. The van der Waals surface area contributed by atoms with Crippen LogP contribution in [0, 0.1) is 5.92 Å². The summed E-state index contributed by atoms with van der Waals surface area (Å²) in [6.07, 6.45) is 2.57. The van der Waals surface area contributed by atoms with Crippen LogP contribution in [0.2, 0.25) is 0 Å². The monoisotopic (exact) mass is 299 g/mol. The topological polar surface area (TPSA) is 66.6 Å². The molecule has 2 saturated heterocycles. The van der Waals surface area contributed by atoms with Gasteiger partial charge in [0, 0.05) is 31.3 Å². The van der Waals surface area contributed by atoms with E-state index < -0.39 is 0 Å². The molecule has 0 saturated carbocycles. The molecular weight excluding hydrogens is 274 g/mol. The molecule has 2 N–H and O–H groups in total. The number of hydrogen-bond acceptors (Lipinski definition) is 4. The molecule has 2 amide bonds. The lowest BCUT2D eigenvalue weighted by Crippen LogP contribution is -2.53. The summed E-state index contributed by atoms with van der Waals surface area (Å²) in [7, 11) is 0. The van der Waals surface area contributed by atoms with Crippen molar-refractivity contribution in [3.63, 3.8) is 0 Å². The second kappa shape index (κ2) is 6.80. The molecule has 20 heavy (non-hydrogen) atoms. The van der Waals surface area contributed by atoms with Crippen LogP contribution in [0.3, 0.4) is 0 Å². The summed E-state index contributed by atoms with van der Waals surface area (Å²) in [5, 5.41) is 0. The number of thioether (sulfide) groups is 1. The number of carbonyl (C=O) groups excluding carboxylic acids is 2. The highest BCUT2D eigenvalue weighted by Crippen LogP contribution is 2.26. The van der Waals surface area contributed by atoms with E-state index in [1.807, 2.05) is 18.7 Å². The summed E-state index contributed by atoms with van der Waals surface area (Å²) in [6.45, 7) is 5.40. The highest BCUT2D eigenvalue weighted by atomic mass is 32.2. The zero-order chi connectivity index (χ0) is 14.7. The molecule has 0 aliphatic carbocycles. The maximum absolute atomic E-state index is 12.7. The number of rotatable bonds is 3. The number of piperidine rings is 1. The smallest absolute Gasteiger partial charge is 0.246 e. The first-order chi connectivity index (χ1) is 9.54. The highest BCUT2D eigenvalue weighted by Gasteiger charge is 2.38. The molecule has 0 aromatic rings. The number of hydrogen-bond donors (Lipinski definition) is 1. The van der Waals surface area contributed by atoms with Gasteiger partial charge in [0.2, 0.25) is 11.8 Å². The minimum atomic E-state index is -0.265. The van der Waals surface area contributed by atoms with Crippen LogP contribution < -0.4 is 5.73 Å². The average molecular weight is 299 g/mol. The molecule has 5 nitrogen and oxygen atoms in total. The van der Waals surface area contributed by atoms with E-state index >= 15 is 0 Å². The van der Waals surface area contributed by atoms with Gasteiger partial charge in [-0.1, -0.05) is 6.92 Å². The molecule has 2 heterocycles. The van der Waals surface area contributed by atoms with Crippen molar-refractivity contribution in [1.29, 1.82) is 0 Å². The van der Waals surface area contributed by atoms with Crippen molar-refractivity contribution in [3.8, 4) is 0 Å². The van der Waals surface area contributed by atoms with Gasteiger partial charge in [0.1, 0.15) is 6.04 Å². The van der Waals surface area contributed by atoms with Crippen molar-refractivity contribution >= 4 is 23.6 Å². The number of nitrogens with zero attached hydrogens (tertiary/aromatic N) is 2. The first kappa shape index (κ1) is 15.6. The average Bonchev–Trinajstić information content (AvgIpc) is 2.95. The van der Waals surface area contributed by atoms with E-state index in [2.05, 4.69) is 0 Å². The molecule has 114 valence electrons. The molecule has 6 heteroatoms. The Hall–Kier alpha value is -0.750. The van der Waals surface area contributed by atoms with Gasteiger partial charge >= 0.3 is 0 Å². The fraction of sp³-hybridized carbons (Fsp3) is 0.857. The summed E-state index contributed by atoms with van der Waals surface area (Å²) < 4.78 is 0. The Labute approximate surface area is 125 Å². The Morgan fingerprint density at radius 3 is 2.85 bits per heavy atom. The second-order valence-corrected chi connectivity index (χ2v) is 6.78. The van der Waals surface area contributed by atoms with Crippen LogP contribution >= 0.6 is 11.8 Å². The zero-order valence-electron chi connectivity index (χ0n) is 12.4. The van der Waals surface area contributed by atoms with Gasteiger partial charge in [-0.2, -0.15) is 0 Å². The third-order valence-electron chi connectivity index (χ3n) is 4.30. The van der Waals surface area contributed by atoms with Crippen molar-refractivity contribution < 1.29 is 9.59 Å². The minimum Gasteiger partial charge on any atom is -0.341 e. The Bertz CT molecular complexity index is 375. The lowest BCUT2D eigenvalue weighted by molar-refractivity contribution is -0.144.